The molecule has 0 aromatic rings. The lowest BCUT2D eigenvalue weighted by atomic mass is 10.1. The van der Waals surface area contributed by atoms with Gasteiger partial charge in [0.2, 0.25) is 12.8 Å². The highest BCUT2D eigenvalue weighted by atomic mass is 16.1. The first kappa shape index (κ1) is 8.04. The van der Waals surface area contributed by atoms with E-state index in [1.54, 1.807) is 4.90 Å². The lowest BCUT2D eigenvalue weighted by molar-refractivity contribution is -0.119. The molecule has 1 fully saturated rings. The van der Waals surface area contributed by atoms with E-state index < -0.39 is 0 Å². The zero-order valence-electron chi connectivity index (χ0n) is 6.32. The first-order valence-corrected chi connectivity index (χ1v) is 3.76. The highest BCUT2D eigenvalue weighted by molar-refractivity contribution is 5.48. The molecular formula is C7H12N2O2. The number of rotatable bonds is 3. The van der Waals surface area contributed by atoms with Crippen LogP contribution >= 0.6 is 0 Å². The summed E-state index contributed by atoms with van der Waals surface area (Å²) in [7, 11) is 0. The first-order chi connectivity index (χ1) is 5.36. The highest BCUT2D eigenvalue weighted by Crippen LogP contribution is 2.07. The second-order valence-corrected chi connectivity index (χ2v) is 2.70. The van der Waals surface area contributed by atoms with Gasteiger partial charge in [0.1, 0.15) is 0 Å². The van der Waals surface area contributed by atoms with Crippen molar-refractivity contribution >= 4 is 12.8 Å². The molecule has 0 spiro atoms. The van der Waals surface area contributed by atoms with E-state index in [9.17, 15) is 9.59 Å². The second kappa shape index (κ2) is 3.95. The maximum absolute atomic E-state index is 10.3. The van der Waals surface area contributed by atoms with Crippen LogP contribution in [0.15, 0.2) is 0 Å². The summed E-state index contributed by atoms with van der Waals surface area (Å²) in [5.74, 6) is 0. The number of carbonyl (C=O) groups excluding carboxylic acids is 2. The van der Waals surface area contributed by atoms with Crippen molar-refractivity contribution in [2.24, 2.45) is 0 Å². The van der Waals surface area contributed by atoms with Crippen LogP contribution in [-0.2, 0) is 9.59 Å². The summed E-state index contributed by atoms with van der Waals surface area (Å²) < 4.78 is 0. The minimum Gasteiger partial charge on any atom is -0.356 e. The molecule has 0 aromatic carbocycles. The van der Waals surface area contributed by atoms with Crippen LogP contribution in [0.25, 0.3) is 0 Å². The predicted octanol–water partition coefficient (Wildman–Crippen LogP) is -0.647. The zero-order valence-corrected chi connectivity index (χ0v) is 6.32. The summed E-state index contributed by atoms with van der Waals surface area (Å²) in [6, 6.07) is 0.267. The Labute approximate surface area is 65.6 Å². The third-order valence-electron chi connectivity index (χ3n) is 1.98. The highest BCUT2D eigenvalue weighted by Gasteiger charge is 2.16. The number of piperidine rings is 1. The van der Waals surface area contributed by atoms with Gasteiger partial charge in [-0.05, 0) is 12.8 Å². The van der Waals surface area contributed by atoms with Crippen molar-refractivity contribution in [3.63, 3.8) is 0 Å². The van der Waals surface area contributed by atoms with Gasteiger partial charge in [0, 0.05) is 19.1 Å². The van der Waals surface area contributed by atoms with Crippen molar-refractivity contribution in [2.75, 3.05) is 13.1 Å². The summed E-state index contributed by atoms with van der Waals surface area (Å²) in [4.78, 5) is 22.0. The molecule has 62 valence electrons. The van der Waals surface area contributed by atoms with Gasteiger partial charge in [0.25, 0.3) is 0 Å². The smallest absolute Gasteiger partial charge is 0.209 e. The fourth-order valence-electron chi connectivity index (χ4n) is 1.27. The molecule has 0 saturated carbocycles. The number of nitrogens with zero attached hydrogens (tertiary/aromatic N) is 1. The Balaban J connectivity index is 2.23. The van der Waals surface area contributed by atoms with Crippen molar-refractivity contribution < 1.29 is 9.59 Å². The molecule has 4 heteroatoms. The van der Waals surface area contributed by atoms with E-state index in [0.29, 0.717) is 0 Å². The van der Waals surface area contributed by atoms with Crippen LogP contribution in [0, 0.1) is 0 Å². The van der Waals surface area contributed by atoms with Crippen molar-refractivity contribution in [3.8, 4) is 0 Å². The molecule has 1 aliphatic heterocycles. The number of hydrogen-bond donors (Lipinski definition) is 1. The quantitative estimate of drug-likeness (QED) is 0.552. The summed E-state index contributed by atoms with van der Waals surface area (Å²) in [6.45, 7) is 1.52. The van der Waals surface area contributed by atoms with E-state index in [4.69, 9.17) is 0 Å². The molecule has 4 nitrogen and oxygen atoms in total. The Bertz CT molecular complexity index is 141. The Morgan fingerprint density at radius 3 is 2.36 bits per heavy atom. The van der Waals surface area contributed by atoms with Gasteiger partial charge < -0.3 is 10.2 Å². The topological polar surface area (TPSA) is 49.4 Å². The fraction of sp³-hybridized carbons (Fsp3) is 0.714. The van der Waals surface area contributed by atoms with E-state index in [0.717, 1.165) is 38.8 Å². The second-order valence-electron chi connectivity index (χ2n) is 2.70. The average Bonchev–Trinajstić information content (AvgIpc) is 2.07. The van der Waals surface area contributed by atoms with Crippen LogP contribution in [0.3, 0.4) is 0 Å². The number of amides is 2. The molecule has 1 heterocycles. The SMILES string of the molecule is O=CNC1CCN(C=O)CC1. The van der Waals surface area contributed by atoms with Gasteiger partial charge in [-0.2, -0.15) is 0 Å². The Kier molecular flexibility index (Phi) is 2.89. The van der Waals surface area contributed by atoms with Gasteiger partial charge in [-0.15, -0.1) is 0 Å². The molecule has 0 radical (unpaired) electrons. The maximum atomic E-state index is 10.3. The van der Waals surface area contributed by atoms with E-state index in [-0.39, 0.29) is 6.04 Å². The third-order valence-corrected chi connectivity index (χ3v) is 1.98. The van der Waals surface area contributed by atoms with E-state index >= 15 is 0 Å². The van der Waals surface area contributed by atoms with Crippen molar-refractivity contribution in [2.45, 2.75) is 18.9 Å². The average molecular weight is 156 g/mol. The molecule has 1 saturated heterocycles. The van der Waals surface area contributed by atoms with Gasteiger partial charge in [-0.25, -0.2) is 0 Å². The van der Waals surface area contributed by atoms with Crippen LogP contribution < -0.4 is 5.32 Å². The minimum atomic E-state index is 0.267. The summed E-state index contributed by atoms with van der Waals surface area (Å²) in [5.41, 5.74) is 0. The van der Waals surface area contributed by atoms with Gasteiger partial charge in [-0.1, -0.05) is 0 Å². The minimum absolute atomic E-state index is 0.267. The number of nitrogens with one attached hydrogen (secondary N) is 1. The van der Waals surface area contributed by atoms with Crippen LogP contribution in [0.4, 0.5) is 0 Å². The summed E-state index contributed by atoms with van der Waals surface area (Å²) in [6.07, 6.45) is 3.33. The fourth-order valence-corrected chi connectivity index (χ4v) is 1.27. The molecule has 0 bridgehead atoms. The molecule has 1 aliphatic rings. The Morgan fingerprint density at radius 2 is 1.91 bits per heavy atom. The molecule has 0 aliphatic carbocycles. The lowest BCUT2D eigenvalue weighted by Crippen LogP contribution is -2.41. The largest absolute Gasteiger partial charge is 0.356 e. The van der Waals surface area contributed by atoms with Crippen LogP contribution in [0.1, 0.15) is 12.8 Å². The van der Waals surface area contributed by atoms with E-state index in [2.05, 4.69) is 5.32 Å². The zero-order chi connectivity index (χ0) is 8.10. The normalized spacial score (nSPS) is 19.5. The first-order valence-electron chi connectivity index (χ1n) is 3.76. The standard InChI is InChI=1S/C7H12N2O2/c10-5-8-7-1-3-9(6-11)4-2-7/h5-7H,1-4H2,(H,8,10). The molecule has 1 N–H and O–H groups in total. The maximum Gasteiger partial charge on any atom is 0.209 e. The molecule has 0 atom stereocenters. The third kappa shape index (κ3) is 2.22. The van der Waals surface area contributed by atoms with E-state index in [1.165, 1.54) is 0 Å². The number of likely N-dealkylation sites (tertiary alicyclic amines) is 1. The van der Waals surface area contributed by atoms with Gasteiger partial charge >= 0.3 is 0 Å². The van der Waals surface area contributed by atoms with Crippen molar-refractivity contribution in [1.82, 2.24) is 10.2 Å². The van der Waals surface area contributed by atoms with Gasteiger partial charge in [0.05, 0.1) is 0 Å². The molecule has 0 aromatic heterocycles. The van der Waals surface area contributed by atoms with Gasteiger partial charge in [0.15, 0.2) is 0 Å². The number of hydrogen-bond acceptors (Lipinski definition) is 2. The molecule has 0 unspecified atom stereocenters. The molecule has 2 amide bonds. The van der Waals surface area contributed by atoms with Crippen LogP contribution in [0.5, 0.6) is 0 Å². The lowest BCUT2D eigenvalue weighted by Gasteiger charge is -2.28. The number of carbonyl (C=O) groups is 2. The molecule has 11 heavy (non-hydrogen) atoms. The van der Waals surface area contributed by atoms with Gasteiger partial charge in [-0.3, -0.25) is 9.59 Å². The van der Waals surface area contributed by atoms with E-state index in [1.807, 2.05) is 0 Å². The summed E-state index contributed by atoms with van der Waals surface area (Å²) in [5, 5.41) is 2.71. The summed E-state index contributed by atoms with van der Waals surface area (Å²) >= 11 is 0. The Hall–Kier alpha value is -1.06. The monoisotopic (exact) mass is 156 g/mol. The van der Waals surface area contributed by atoms with Crippen molar-refractivity contribution in [1.29, 1.82) is 0 Å². The molecule has 1 rings (SSSR count). The van der Waals surface area contributed by atoms with Crippen LogP contribution in [-0.4, -0.2) is 36.9 Å². The van der Waals surface area contributed by atoms with Crippen molar-refractivity contribution in [3.05, 3.63) is 0 Å². The van der Waals surface area contributed by atoms with Crippen LogP contribution in [0.2, 0.25) is 0 Å². The Morgan fingerprint density at radius 1 is 1.27 bits per heavy atom. The molecular weight excluding hydrogens is 144 g/mol. The predicted molar refractivity (Wildman–Crippen MR) is 39.9 cm³/mol.